The maximum atomic E-state index is 11.8. The van der Waals surface area contributed by atoms with E-state index in [1.807, 2.05) is 6.92 Å². The molecule has 3 atom stereocenters. The van der Waals surface area contributed by atoms with Crippen molar-refractivity contribution in [3.8, 4) is 0 Å². The van der Waals surface area contributed by atoms with Gasteiger partial charge in [0.15, 0.2) is 0 Å². The molecule has 3 nitrogen and oxygen atoms in total. The Hall–Kier alpha value is -0.570. The molecule has 0 aromatic rings. The molecular formula is C15H30N2O. The molecule has 0 radical (unpaired) electrons. The summed E-state index contributed by atoms with van der Waals surface area (Å²) in [7, 11) is 0. The smallest absolute Gasteiger partial charge is 0.220 e. The van der Waals surface area contributed by atoms with Crippen LogP contribution in [-0.2, 0) is 4.79 Å². The zero-order valence-corrected chi connectivity index (χ0v) is 12.2. The van der Waals surface area contributed by atoms with Crippen molar-refractivity contribution >= 4 is 5.91 Å². The molecule has 3 N–H and O–H groups in total. The Labute approximate surface area is 112 Å². The first-order chi connectivity index (χ1) is 8.49. The van der Waals surface area contributed by atoms with Gasteiger partial charge in [-0.1, -0.05) is 26.7 Å². The van der Waals surface area contributed by atoms with E-state index < -0.39 is 0 Å². The first kappa shape index (κ1) is 15.5. The van der Waals surface area contributed by atoms with Gasteiger partial charge in [-0.3, -0.25) is 4.79 Å². The summed E-state index contributed by atoms with van der Waals surface area (Å²) in [5.41, 5.74) is 5.68. The van der Waals surface area contributed by atoms with Crippen molar-refractivity contribution in [3.63, 3.8) is 0 Å². The minimum atomic E-state index is 0.121. The molecule has 1 saturated carbocycles. The first-order valence-corrected chi connectivity index (χ1v) is 7.54. The highest BCUT2D eigenvalue weighted by atomic mass is 16.1. The second-order valence-electron chi connectivity index (χ2n) is 6.35. The topological polar surface area (TPSA) is 55.1 Å². The van der Waals surface area contributed by atoms with Gasteiger partial charge in [-0.25, -0.2) is 0 Å². The summed E-state index contributed by atoms with van der Waals surface area (Å²) in [6, 6.07) is 0.542. The van der Waals surface area contributed by atoms with E-state index in [4.69, 9.17) is 5.73 Å². The Balaban J connectivity index is 2.28. The number of amides is 1. The Morgan fingerprint density at radius 1 is 1.28 bits per heavy atom. The summed E-state index contributed by atoms with van der Waals surface area (Å²) in [6.07, 6.45) is 7.60. The van der Waals surface area contributed by atoms with Crippen molar-refractivity contribution in [3.05, 3.63) is 0 Å². The third-order valence-corrected chi connectivity index (χ3v) is 3.95. The van der Waals surface area contributed by atoms with Crippen LogP contribution >= 0.6 is 0 Å². The lowest BCUT2D eigenvalue weighted by Gasteiger charge is -2.22. The van der Waals surface area contributed by atoms with Crippen molar-refractivity contribution in [2.75, 3.05) is 0 Å². The number of rotatable bonds is 7. The van der Waals surface area contributed by atoms with Gasteiger partial charge in [0.1, 0.15) is 0 Å². The van der Waals surface area contributed by atoms with Gasteiger partial charge in [0.25, 0.3) is 0 Å². The van der Waals surface area contributed by atoms with Crippen LogP contribution in [0.2, 0.25) is 0 Å². The number of hydrogen-bond acceptors (Lipinski definition) is 2. The zero-order chi connectivity index (χ0) is 13.5. The fourth-order valence-electron chi connectivity index (χ4n) is 2.76. The molecule has 0 aliphatic heterocycles. The van der Waals surface area contributed by atoms with E-state index in [1.54, 1.807) is 0 Å². The quantitative estimate of drug-likeness (QED) is 0.734. The number of nitrogens with one attached hydrogen (secondary N) is 1. The van der Waals surface area contributed by atoms with E-state index in [-0.39, 0.29) is 11.9 Å². The first-order valence-electron chi connectivity index (χ1n) is 7.54. The highest BCUT2D eigenvalue weighted by Crippen LogP contribution is 2.30. The summed E-state index contributed by atoms with van der Waals surface area (Å²) < 4.78 is 0. The van der Waals surface area contributed by atoms with Gasteiger partial charge >= 0.3 is 0 Å². The number of nitrogens with two attached hydrogens (primary N) is 1. The van der Waals surface area contributed by atoms with Crippen molar-refractivity contribution in [1.29, 1.82) is 0 Å². The van der Waals surface area contributed by atoms with E-state index in [9.17, 15) is 4.79 Å². The third-order valence-electron chi connectivity index (χ3n) is 3.95. The van der Waals surface area contributed by atoms with Crippen LogP contribution in [0.1, 0.15) is 65.7 Å². The molecule has 3 heteroatoms. The van der Waals surface area contributed by atoms with E-state index in [2.05, 4.69) is 19.2 Å². The van der Waals surface area contributed by atoms with Crippen LogP contribution in [-0.4, -0.2) is 18.0 Å². The number of hydrogen-bond donors (Lipinski definition) is 2. The predicted molar refractivity (Wildman–Crippen MR) is 76.2 cm³/mol. The Morgan fingerprint density at radius 2 is 2.00 bits per heavy atom. The van der Waals surface area contributed by atoms with Crippen LogP contribution in [0, 0.1) is 11.8 Å². The van der Waals surface area contributed by atoms with Crippen LogP contribution in [0.15, 0.2) is 0 Å². The van der Waals surface area contributed by atoms with Gasteiger partial charge in [0.05, 0.1) is 0 Å². The monoisotopic (exact) mass is 254 g/mol. The molecule has 0 heterocycles. The molecule has 1 aliphatic carbocycles. The SMILES string of the molecule is CC(C)CCC1CCCC1NC(=O)CCC(C)N. The van der Waals surface area contributed by atoms with Crippen molar-refractivity contribution in [1.82, 2.24) is 5.32 Å². The summed E-state index contributed by atoms with van der Waals surface area (Å²) in [5, 5.41) is 3.21. The average molecular weight is 254 g/mol. The molecule has 1 rings (SSSR count). The molecular weight excluding hydrogens is 224 g/mol. The van der Waals surface area contributed by atoms with Gasteiger partial charge in [-0.2, -0.15) is 0 Å². The molecule has 1 amide bonds. The minimum Gasteiger partial charge on any atom is -0.353 e. The Morgan fingerprint density at radius 3 is 2.61 bits per heavy atom. The second-order valence-corrected chi connectivity index (χ2v) is 6.35. The largest absolute Gasteiger partial charge is 0.353 e. The average Bonchev–Trinajstić information content (AvgIpc) is 2.71. The standard InChI is InChI=1S/C15H30N2O/c1-11(2)7-9-13-5-4-6-14(13)17-15(18)10-8-12(3)16/h11-14H,4-10,16H2,1-3H3,(H,17,18). The van der Waals surface area contributed by atoms with Crippen LogP contribution in [0.4, 0.5) is 0 Å². The summed E-state index contributed by atoms with van der Waals surface area (Å²) in [6.45, 7) is 6.49. The molecule has 0 bridgehead atoms. The minimum absolute atomic E-state index is 0.121. The Bertz CT molecular complexity index is 251. The summed E-state index contributed by atoms with van der Waals surface area (Å²) in [4.78, 5) is 11.8. The van der Waals surface area contributed by atoms with Crippen LogP contribution in [0.3, 0.4) is 0 Å². The molecule has 1 aliphatic rings. The van der Waals surface area contributed by atoms with Gasteiger partial charge in [-0.05, 0) is 44.4 Å². The molecule has 18 heavy (non-hydrogen) atoms. The summed E-state index contributed by atoms with van der Waals surface area (Å²) in [5.74, 6) is 1.65. The van der Waals surface area contributed by atoms with Crippen molar-refractivity contribution < 1.29 is 4.79 Å². The maximum absolute atomic E-state index is 11.8. The van der Waals surface area contributed by atoms with E-state index in [0.29, 0.717) is 18.4 Å². The van der Waals surface area contributed by atoms with Crippen molar-refractivity contribution in [2.45, 2.75) is 77.8 Å². The molecule has 0 spiro atoms. The molecule has 0 saturated heterocycles. The van der Waals surface area contributed by atoms with Gasteiger partial charge in [0.2, 0.25) is 5.91 Å². The number of carbonyl (C=O) groups excluding carboxylic acids is 1. The van der Waals surface area contributed by atoms with Crippen LogP contribution in [0.5, 0.6) is 0 Å². The molecule has 106 valence electrons. The van der Waals surface area contributed by atoms with Gasteiger partial charge in [0, 0.05) is 18.5 Å². The van der Waals surface area contributed by atoms with E-state index in [1.165, 1.54) is 25.7 Å². The third kappa shape index (κ3) is 5.85. The zero-order valence-electron chi connectivity index (χ0n) is 12.2. The molecule has 0 aromatic carbocycles. The number of carbonyl (C=O) groups is 1. The maximum Gasteiger partial charge on any atom is 0.220 e. The van der Waals surface area contributed by atoms with Crippen molar-refractivity contribution in [2.24, 2.45) is 17.6 Å². The van der Waals surface area contributed by atoms with Gasteiger partial charge < -0.3 is 11.1 Å². The lowest BCUT2D eigenvalue weighted by molar-refractivity contribution is -0.122. The fourth-order valence-corrected chi connectivity index (χ4v) is 2.76. The molecule has 0 aromatic heterocycles. The van der Waals surface area contributed by atoms with E-state index >= 15 is 0 Å². The van der Waals surface area contributed by atoms with Gasteiger partial charge in [-0.15, -0.1) is 0 Å². The molecule has 3 unspecified atom stereocenters. The highest BCUT2D eigenvalue weighted by Gasteiger charge is 2.28. The lowest BCUT2D eigenvalue weighted by Crippen LogP contribution is -2.37. The fraction of sp³-hybridized carbons (Fsp3) is 0.933. The van der Waals surface area contributed by atoms with Crippen LogP contribution < -0.4 is 11.1 Å². The predicted octanol–water partition coefficient (Wildman–Crippen LogP) is 2.83. The molecule has 1 fully saturated rings. The lowest BCUT2D eigenvalue weighted by atomic mass is 9.93. The summed E-state index contributed by atoms with van der Waals surface area (Å²) >= 11 is 0. The normalized spacial score (nSPS) is 25.4. The Kier molecular flexibility index (Phi) is 6.69. The van der Waals surface area contributed by atoms with E-state index in [0.717, 1.165) is 18.8 Å². The van der Waals surface area contributed by atoms with Crippen LogP contribution in [0.25, 0.3) is 0 Å². The highest BCUT2D eigenvalue weighted by molar-refractivity contribution is 5.76. The second kappa shape index (κ2) is 7.78.